The SMILES string of the molecule is Cc1ccc(N=Nc2ccc(N3C(=O)c4ccc(C(=O)c5ccc6c(c5)C(=O)N(c5ccc(N=Nc7ccc(C)cc7)cc5)C6=O)cc4C3=O)cc2)cc1. The van der Waals surface area contributed by atoms with E-state index in [0.29, 0.717) is 34.1 Å². The van der Waals surface area contributed by atoms with Crippen LogP contribution in [0.25, 0.3) is 0 Å². The molecule has 2 aliphatic heterocycles. The van der Waals surface area contributed by atoms with Crippen molar-refractivity contribution < 1.29 is 24.0 Å². The molecule has 11 heteroatoms. The Hall–Kier alpha value is -7.53. The molecule has 2 aliphatic rings. The lowest BCUT2D eigenvalue weighted by Gasteiger charge is -2.13. The summed E-state index contributed by atoms with van der Waals surface area (Å²) in [5.41, 5.74) is 6.13. The number of fused-ring (bicyclic) bond motifs is 2. The molecule has 8 rings (SSSR count). The third-order valence-electron chi connectivity index (χ3n) is 9.14. The molecule has 54 heavy (non-hydrogen) atoms. The topological polar surface area (TPSA) is 141 Å². The average Bonchev–Trinajstić information content (AvgIpc) is 3.60. The van der Waals surface area contributed by atoms with E-state index in [1.165, 1.54) is 36.4 Å². The second-order valence-corrected chi connectivity index (χ2v) is 12.8. The van der Waals surface area contributed by atoms with Gasteiger partial charge in [-0.1, -0.05) is 47.5 Å². The molecule has 0 saturated heterocycles. The highest BCUT2D eigenvalue weighted by molar-refractivity contribution is 6.36. The van der Waals surface area contributed by atoms with Gasteiger partial charge in [-0.05, 0) is 111 Å². The van der Waals surface area contributed by atoms with E-state index in [0.717, 1.165) is 20.9 Å². The maximum atomic E-state index is 13.7. The number of amides is 4. The lowest BCUT2D eigenvalue weighted by atomic mass is 9.96. The summed E-state index contributed by atoms with van der Waals surface area (Å²) in [5.74, 6) is -2.68. The van der Waals surface area contributed by atoms with Crippen LogP contribution in [0.15, 0.2) is 154 Å². The molecule has 4 amide bonds. The summed E-state index contributed by atoms with van der Waals surface area (Å²) in [6.07, 6.45) is 0. The van der Waals surface area contributed by atoms with Gasteiger partial charge >= 0.3 is 0 Å². The largest absolute Gasteiger partial charge is 0.289 e. The van der Waals surface area contributed by atoms with Crippen LogP contribution < -0.4 is 9.80 Å². The number of carbonyl (C=O) groups is 5. The third kappa shape index (κ3) is 6.19. The fourth-order valence-corrected chi connectivity index (χ4v) is 6.19. The van der Waals surface area contributed by atoms with E-state index in [9.17, 15) is 24.0 Å². The quantitative estimate of drug-likeness (QED) is 0.0879. The Morgan fingerprint density at radius 3 is 1.02 bits per heavy atom. The van der Waals surface area contributed by atoms with Gasteiger partial charge in [0.25, 0.3) is 23.6 Å². The number of rotatable bonds is 8. The number of benzene rings is 6. The van der Waals surface area contributed by atoms with Gasteiger partial charge in [-0.25, -0.2) is 9.80 Å². The molecular formula is C43H28N6O5. The highest BCUT2D eigenvalue weighted by atomic mass is 16.2. The standard InChI is InChI=1S/C43H28N6O5/c1-25-3-9-29(10-4-25)44-46-31-13-17-33(18-14-31)48-40(51)35-21-7-27(23-37(35)42(48)53)39(50)28-8-22-36-38(24-28)43(54)49(41(36)52)34-19-15-32(16-20-34)47-45-30-11-5-26(2)6-12-30/h3-24H,1-2H3. The van der Waals surface area contributed by atoms with Crippen LogP contribution in [0, 0.1) is 13.8 Å². The Kier molecular flexibility index (Phi) is 8.43. The van der Waals surface area contributed by atoms with Crippen LogP contribution in [0.5, 0.6) is 0 Å². The summed E-state index contributed by atoms with van der Waals surface area (Å²) in [4.78, 5) is 69.5. The number of ketones is 1. The van der Waals surface area contributed by atoms with Gasteiger partial charge in [0, 0.05) is 11.1 Å². The number of azo groups is 2. The van der Waals surface area contributed by atoms with E-state index >= 15 is 0 Å². The molecule has 11 nitrogen and oxygen atoms in total. The van der Waals surface area contributed by atoms with Crippen molar-refractivity contribution in [1.82, 2.24) is 0 Å². The zero-order valence-electron chi connectivity index (χ0n) is 28.9. The molecule has 2 heterocycles. The molecule has 0 atom stereocenters. The Balaban J connectivity index is 0.975. The van der Waals surface area contributed by atoms with Crippen LogP contribution in [-0.4, -0.2) is 29.4 Å². The normalized spacial score (nSPS) is 13.7. The highest BCUT2D eigenvalue weighted by Gasteiger charge is 2.39. The van der Waals surface area contributed by atoms with Gasteiger partial charge in [0.2, 0.25) is 0 Å². The maximum absolute atomic E-state index is 13.7. The smallest absolute Gasteiger partial charge is 0.266 e. The Bertz CT molecular complexity index is 2410. The Labute approximate surface area is 308 Å². The van der Waals surface area contributed by atoms with Gasteiger partial charge in [0.1, 0.15) is 0 Å². The number of aryl methyl sites for hydroxylation is 2. The first-order valence-corrected chi connectivity index (χ1v) is 16.9. The zero-order chi connectivity index (χ0) is 37.5. The summed E-state index contributed by atoms with van der Waals surface area (Å²) in [7, 11) is 0. The molecule has 0 spiro atoms. The average molecular weight is 709 g/mol. The van der Waals surface area contributed by atoms with Gasteiger partial charge < -0.3 is 0 Å². The van der Waals surface area contributed by atoms with Gasteiger partial charge in [0.05, 0.1) is 56.4 Å². The van der Waals surface area contributed by atoms with Crippen molar-refractivity contribution in [3.63, 3.8) is 0 Å². The molecule has 0 saturated carbocycles. The molecule has 0 aromatic heterocycles. The van der Waals surface area contributed by atoms with Gasteiger partial charge in [-0.3, -0.25) is 24.0 Å². The van der Waals surface area contributed by atoms with Crippen LogP contribution in [0.1, 0.15) is 68.5 Å². The highest BCUT2D eigenvalue weighted by Crippen LogP contribution is 2.34. The lowest BCUT2D eigenvalue weighted by molar-refractivity contribution is 0.0910. The Morgan fingerprint density at radius 1 is 0.389 bits per heavy atom. The first kappa shape index (κ1) is 33.6. The minimum absolute atomic E-state index is 0.0782. The summed E-state index contributed by atoms with van der Waals surface area (Å²) in [6.45, 7) is 3.97. The van der Waals surface area contributed by atoms with Crippen LogP contribution in [-0.2, 0) is 0 Å². The fraction of sp³-hybridized carbons (Fsp3) is 0.0465. The summed E-state index contributed by atoms with van der Waals surface area (Å²) in [6, 6.07) is 36.8. The lowest BCUT2D eigenvalue weighted by Crippen LogP contribution is -2.29. The molecule has 6 aromatic rings. The van der Waals surface area contributed by atoms with Crippen molar-refractivity contribution in [2.24, 2.45) is 20.5 Å². The third-order valence-corrected chi connectivity index (χ3v) is 9.14. The van der Waals surface area contributed by atoms with E-state index in [1.54, 1.807) is 48.5 Å². The van der Waals surface area contributed by atoms with E-state index in [-0.39, 0.29) is 33.4 Å². The number of hydrogen-bond donors (Lipinski definition) is 0. The van der Waals surface area contributed by atoms with Crippen LogP contribution in [0.4, 0.5) is 34.1 Å². The first-order valence-electron chi connectivity index (χ1n) is 16.9. The summed E-state index contributed by atoms with van der Waals surface area (Å²) < 4.78 is 0. The second-order valence-electron chi connectivity index (χ2n) is 12.8. The summed E-state index contributed by atoms with van der Waals surface area (Å²) >= 11 is 0. The zero-order valence-corrected chi connectivity index (χ0v) is 28.9. The molecule has 0 fully saturated rings. The fourth-order valence-electron chi connectivity index (χ4n) is 6.19. The number of anilines is 2. The molecule has 0 bridgehead atoms. The van der Waals surface area contributed by atoms with E-state index in [4.69, 9.17) is 0 Å². The van der Waals surface area contributed by atoms with Crippen molar-refractivity contribution in [2.45, 2.75) is 13.8 Å². The number of imide groups is 2. The van der Waals surface area contributed by atoms with Crippen molar-refractivity contribution in [1.29, 1.82) is 0 Å². The van der Waals surface area contributed by atoms with Crippen molar-refractivity contribution in [2.75, 3.05) is 9.80 Å². The molecule has 0 unspecified atom stereocenters. The summed E-state index contributed by atoms with van der Waals surface area (Å²) in [5, 5.41) is 16.9. The monoisotopic (exact) mass is 708 g/mol. The molecular weight excluding hydrogens is 681 g/mol. The molecule has 6 aromatic carbocycles. The molecule has 260 valence electrons. The predicted octanol–water partition coefficient (Wildman–Crippen LogP) is 9.97. The Morgan fingerprint density at radius 2 is 0.685 bits per heavy atom. The molecule has 0 N–H and O–H groups in total. The minimum atomic E-state index is -0.577. The van der Waals surface area contributed by atoms with E-state index in [2.05, 4.69) is 20.5 Å². The van der Waals surface area contributed by atoms with Crippen LogP contribution in [0.3, 0.4) is 0 Å². The van der Waals surface area contributed by atoms with Crippen molar-refractivity contribution >= 4 is 63.5 Å². The van der Waals surface area contributed by atoms with Gasteiger partial charge in [-0.2, -0.15) is 20.5 Å². The van der Waals surface area contributed by atoms with Crippen LogP contribution in [0.2, 0.25) is 0 Å². The van der Waals surface area contributed by atoms with E-state index in [1.807, 2.05) is 62.4 Å². The molecule has 0 radical (unpaired) electrons. The maximum Gasteiger partial charge on any atom is 0.266 e. The van der Waals surface area contributed by atoms with Gasteiger partial charge in [0.15, 0.2) is 5.78 Å². The number of nitrogens with zero attached hydrogens (tertiary/aromatic N) is 6. The predicted molar refractivity (Wildman–Crippen MR) is 202 cm³/mol. The van der Waals surface area contributed by atoms with Crippen molar-refractivity contribution in [3.8, 4) is 0 Å². The first-order chi connectivity index (χ1) is 26.1. The minimum Gasteiger partial charge on any atom is -0.289 e. The van der Waals surface area contributed by atoms with Crippen molar-refractivity contribution in [3.05, 3.63) is 178 Å². The second kappa shape index (κ2) is 13.5. The molecule has 0 aliphatic carbocycles. The van der Waals surface area contributed by atoms with Crippen LogP contribution >= 0.6 is 0 Å². The number of hydrogen-bond acceptors (Lipinski definition) is 9. The number of carbonyl (C=O) groups excluding carboxylic acids is 5. The van der Waals surface area contributed by atoms with Gasteiger partial charge in [-0.15, -0.1) is 0 Å². The van der Waals surface area contributed by atoms with E-state index < -0.39 is 29.4 Å².